The Hall–Kier alpha value is -5.74. The molecule has 1 aromatic carbocycles. The van der Waals surface area contributed by atoms with Gasteiger partial charge in [-0.25, -0.2) is 29.9 Å². The van der Waals surface area contributed by atoms with Crippen LogP contribution in [0.15, 0.2) is 62.2 Å². The van der Waals surface area contributed by atoms with Gasteiger partial charge in [0.2, 0.25) is 11.8 Å². The molecule has 2 atom stereocenters. The van der Waals surface area contributed by atoms with Crippen molar-refractivity contribution in [1.29, 1.82) is 0 Å². The summed E-state index contributed by atoms with van der Waals surface area (Å²) in [6.07, 6.45) is 21.9. The minimum absolute atomic E-state index is 0.1000. The predicted octanol–water partition coefficient (Wildman–Crippen LogP) is 8.71. The normalized spacial score (nSPS) is 21.9. The molecule has 3 aliphatic rings. The van der Waals surface area contributed by atoms with Crippen molar-refractivity contribution in [2.45, 2.75) is 160 Å². The van der Waals surface area contributed by atoms with E-state index in [1.165, 1.54) is 63.5 Å². The summed E-state index contributed by atoms with van der Waals surface area (Å²) in [5.41, 5.74) is 5.27. The molecule has 5 aromatic rings. The summed E-state index contributed by atoms with van der Waals surface area (Å²) in [6, 6.07) is 10.3. The number of hydrogen-bond acceptors (Lipinski definition) is 12. The van der Waals surface area contributed by atoms with Crippen molar-refractivity contribution in [3.63, 3.8) is 0 Å². The Morgan fingerprint density at radius 2 is 1.22 bits per heavy atom. The first-order valence-electron chi connectivity index (χ1n) is 25.4. The Labute approximate surface area is 409 Å². The minimum Gasteiger partial charge on any atom is -0.365 e. The summed E-state index contributed by atoms with van der Waals surface area (Å²) in [4.78, 5) is 57.3. The van der Waals surface area contributed by atoms with Crippen LogP contribution in [0.1, 0.15) is 134 Å². The second-order valence-electron chi connectivity index (χ2n) is 20.7. The van der Waals surface area contributed by atoms with E-state index < -0.39 is 0 Å². The van der Waals surface area contributed by atoms with Crippen LogP contribution in [-0.4, -0.2) is 113 Å². The number of rotatable bonds is 17. The van der Waals surface area contributed by atoms with Crippen LogP contribution in [0.4, 0.5) is 17.3 Å². The molecule has 372 valence electrons. The third kappa shape index (κ3) is 13.5. The lowest BCUT2D eigenvalue weighted by Crippen LogP contribution is -2.41. The summed E-state index contributed by atoms with van der Waals surface area (Å²) in [5, 5.41) is 13.0. The van der Waals surface area contributed by atoms with Gasteiger partial charge in [-0.3, -0.25) is 9.59 Å². The lowest BCUT2D eigenvalue weighted by atomic mass is 9.83. The maximum Gasteiger partial charge on any atom is 0.243 e. The van der Waals surface area contributed by atoms with Gasteiger partial charge in [-0.15, -0.1) is 0 Å². The van der Waals surface area contributed by atoms with Crippen LogP contribution in [-0.2, 0) is 29.0 Å². The van der Waals surface area contributed by atoms with Gasteiger partial charge in [-0.2, -0.15) is 0 Å². The average molecular weight is 943 g/mol. The number of hydrogen-bond donors (Lipinski definition) is 4. The zero-order valence-corrected chi connectivity index (χ0v) is 42.5. The molecule has 16 nitrogen and oxygen atoms in total. The molecular formula is C53H78N14O2. The molecule has 3 aliphatic carbocycles. The number of aromatic nitrogens is 8. The second-order valence-corrected chi connectivity index (χ2v) is 20.7. The number of anilines is 3. The maximum absolute atomic E-state index is 11.8. The number of imidazole rings is 2. The first-order valence-corrected chi connectivity index (χ1v) is 25.4. The van der Waals surface area contributed by atoms with Gasteiger partial charge < -0.3 is 40.2 Å². The maximum atomic E-state index is 11.8. The Bertz CT molecular complexity index is 2510. The third-order valence-electron chi connectivity index (χ3n) is 14.5. The van der Waals surface area contributed by atoms with E-state index in [0.717, 1.165) is 95.4 Å². The Kier molecular flexibility index (Phi) is 17.6. The molecule has 16 heteroatoms. The largest absolute Gasteiger partial charge is 0.365 e. The lowest BCUT2D eigenvalue weighted by molar-refractivity contribution is -0.117. The smallest absolute Gasteiger partial charge is 0.243 e. The van der Waals surface area contributed by atoms with Crippen LogP contribution in [0, 0.1) is 11.8 Å². The van der Waals surface area contributed by atoms with Crippen molar-refractivity contribution in [1.82, 2.24) is 59.5 Å². The highest BCUT2D eigenvalue weighted by Gasteiger charge is 2.28. The van der Waals surface area contributed by atoms with Gasteiger partial charge >= 0.3 is 0 Å². The summed E-state index contributed by atoms with van der Waals surface area (Å²) in [7, 11) is 8.72. The molecule has 2 unspecified atom stereocenters. The SMILES string of the molecule is C=CC(=O)NC1CCCC(Nc2nc(CC3CCC(N(C)C)CC3)nc3c2ncn3C(C)C)C1.C=CC(=O)NCc1cccc(Nc2nc(CC3CCC(N(C)C)CC3)nc3c2ncn3C(C)C)c1. The molecule has 4 N–H and O–H groups in total. The molecule has 0 spiro atoms. The van der Waals surface area contributed by atoms with Gasteiger partial charge in [0.05, 0.1) is 12.7 Å². The fraction of sp³-hybridized carbons (Fsp3) is 0.585. The fourth-order valence-electron chi connectivity index (χ4n) is 10.4. The van der Waals surface area contributed by atoms with Crippen LogP contribution < -0.4 is 21.3 Å². The van der Waals surface area contributed by atoms with Crippen molar-refractivity contribution in [3.05, 3.63) is 79.4 Å². The average Bonchev–Trinajstić information content (AvgIpc) is 3.97. The van der Waals surface area contributed by atoms with Crippen LogP contribution in [0.5, 0.6) is 0 Å². The van der Waals surface area contributed by atoms with Crippen LogP contribution in [0.25, 0.3) is 22.3 Å². The molecule has 3 fully saturated rings. The van der Waals surface area contributed by atoms with Crippen molar-refractivity contribution in [2.24, 2.45) is 11.8 Å². The van der Waals surface area contributed by atoms with E-state index in [9.17, 15) is 9.59 Å². The van der Waals surface area contributed by atoms with Gasteiger partial charge in [0.25, 0.3) is 0 Å². The summed E-state index contributed by atoms with van der Waals surface area (Å²) in [6.45, 7) is 16.1. The number of benzene rings is 1. The number of amides is 2. The Morgan fingerprint density at radius 3 is 1.74 bits per heavy atom. The molecule has 4 heterocycles. The van der Waals surface area contributed by atoms with Crippen LogP contribution in [0.3, 0.4) is 0 Å². The first kappa shape index (κ1) is 51.1. The highest BCUT2D eigenvalue weighted by atomic mass is 16.2. The van der Waals surface area contributed by atoms with E-state index >= 15 is 0 Å². The minimum atomic E-state index is -0.190. The molecule has 0 bridgehead atoms. The van der Waals surface area contributed by atoms with E-state index in [4.69, 9.17) is 24.9 Å². The molecule has 8 rings (SSSR count). The van der Waals surface area contributed by atoms with Gasteiger partial charge in [-0.1, -0.05) is 25.3 Å². The zero-order chi connectivity index (χ0) is 49.2. The van der Waals surface area contributed by atoms with Gasteiger partial charge in [-0.05, 0) is 175 Å². The first-order chi connectivity index (χ1) is 33.2. The number of nitrogens with one attached hydrogen (secondary N) is 4. The van der Waals surface area contributed by atoms with Crippen molar-refractivity contribution < 1.29 is 9.59 Å². The molecule has 4 aromatic heterocycles. The van der Waals surface area contributed by atoms with E-state index in [-0.39, 0.29) is 36.0 Å². The molecule has 0 saturated heterocycles. The summed E-state index contributed by atoms with van der Waals surface area (Å²) >= 11 is 0. The molecule has 2 amide bonds. The zero-order valence-electron chi connectivity index (χ0n) is 42.5. The van der Waals surface area contributed by atoms with E-state index in [0.29, 0.717) is 30.5 Å². The predicted molar refractivity (Wildman–Crippen MR) is 277 cm³/mol. The molecule has 3 saturated carbocycles. The lowest BCUT2D eigenvalue weighted by Gasteiger charge is -2.32. The van der Waals surface area contributed by atoms with E-state index in [2.05, 4.69) is 114 Å². The second kappa shape index (κ2) is 23.7. The van der Waals surface area contributed by atoms with E-state index in [1.807, 2.05) is 36.9 Å². The van der Waals surface area contributed by atoms with Crippen LogP contribution in [0.2, 0.25) is 0 Å². The van der Waals surface area contributed by atoms with Crippen LogP contribution >= 0.6 is 0 Å². The van der Waals surface area contributed by atoms with Crippen molar-refractivity contribution in [2.75, 3.05) is 38.8 Å². The molecule has 0 aliphatic heterocycles. The third-order valence-corrected chi connectivity index (χ3v) is 14.5. The Balaban J connectivity index is 0.000000204. The highest BCUT2D eigenvalue weighted by Crippen LogP contribution is 2.33. The van der Waals surface area contributed by atoms with Gasteiger partial charge in [0.1, 0.15) is 17.2 Å². The van der Waals surface area contributed by atoms with E-state index in [1.54, 1.807) is 0 Å². The molecular weight excluding hydrogens is 865 g/mol. The quantitative estimate of drug-likeness (QED) is 0.0654. The standard InChI is InChI=1S/C27H37N7O.C26H41N7O/c1-6-24(35)28-16-20-8-7-9-21(14-20)30-26-25-27(34(17-29-25)18(2)3)32-23(31-26)15-19-10-12-22(13-11-19)33(4)5;1-6-23(34)28-19-8-7-9-20(15-19)29-25-24-26(33(16-27-24)17(2)3)31-22(30-25)14-18-10-12-21(13-11-18)32(4)5/h6-9,14,17-19,22H,1,10-13,15-16H2,2-5H3,(H,28,35)(H,30,31,32);6,16-21H,1,7-15H2,2-5H3,(H,28,34)(H,29,30,31). The summed E-state index contributed by atoms with van der Waals surface area (Å²) in [5.74, 6) is 4.28. The Morgan fingerprint density at radius 1 is 0.696 bits per heavy atom. The number of fused-ring (bicyclic) bond motifs is 2. The number of nitrogens with zero attached hydrogens (tertiary/aromatic N) is 10. The van der Waals surface area contributed by atoms with Crippen molar-refractivity contribution in [3.8, 4) is 0 Å². The number of carbonyl (C=O) groups excluding carboxylic acids is 2. The summed E-state index contributed by atoms with van der Waals surface area (Å²) < 4.78 is 4.25. The molecule has 69 heavy (non-hydrogen) atoms. The van der Waals surface area contributed by atoms with Crippen molar-refractivity contribution >= 4 is 51.5 Å². The van der Waals surface area contributed by atoms with Gasteiger partial charge in [0.15, 0.2) is 28.4 Å². The van der Waals surface area contributed by atoms with Gasteiger partial charge in [0, 0.05) is 61.3 Å². The fourth-order valence-corrected chi connectivity index (χ4v) is 10.4. The molecule has 0 radical (unpaired) electrons. The topological polar surface area (TPSA) is 176 Å². The number of carbonyl (C=O) groups is 2. The highest BCUT2D eigenvalue weighted by molar-refractivity contribution is 5.88. The monoisotopic (exact) mass is 943 g/mol.